The number of nitrogens with one attached hydrogen (secondary N) is 2. The molecule has 1 amide bonds. The van der Waals surface area contributed by atoms with E-state index in [0.29, 0.717) is 12.5 Å². The Labute approximate surface area is 104 Å². The molecular weight excluding hydrogens is 214 g/mol. The zero-order valence-electron chi connectivity index (χ0n) is 10.7. The summed E-state index contributed by atoms with van der Waals surface area (Å²) in [6.07, 6.45) is 6.85. The zero-order chi connectivity index (χ0) is 11.9. The highest BCUT2D eigenvalue weighted by Crippen LogP contribution is 2.08. The van der Waals surface area contributed by atoms with Gasteiger partial charge >= 0.3 is 0 Å². The fourth-order valence-corrected chi connectivity index (χ4v) is 2.71. The number of carbonyl (C=O) groups excluding carboxylic acids is 1. The molecule has 1 atom stereocenters. The van der Waals surface area contributed by atoms with Crippen LogP contribution in [-0.4, -0.2) is 49.6 Å². The Bertz CT molecular complexity index is 231. The number of carbonyl (C=O) groups is 1. The normalized spacial score (nSPS) is 26.7. The average Bonchev–Trinajstić information content (AvgIpc) is 2.72. The third-order valence-corrected chi connectivity index (χ3v) is 3.77. The van der Waals surface area contributed by atoms with Crippen LogP contribution < -0.4 is 10.6 Å². The molecule has 0 spiro atoms. The maximum atomic E-state index is 11.8. The molecule has 0 aromatic rings. The van der Waals surface area contributed by atoms with E-state index < -0.39 is 0 Å². The topological polar surface area (TPSA) is 44.4 Å². The van der Waals surface area contributed by atoms with Crippen molar-refractivity contribution in [3.63, 3.8) is 0 Å². The maximum absolute atomic E-state index is 11.8. The van der Waals surface area contributed by atoms with Crippen molar-refractivity contribution in [3.05, 3.63) is 0 Å². The lowest BCUT2D eigenvalue weighted by atomic mass is 10.1. The summed E-state index contributed by atoms with van der Waals surface area (Å²) in [4.78, 5) is 14.2. The molecule has 0 aromatic heterocycles. The fraction of sp³-hybridized carbons (Fsp3) is 0.923. The molecule has 4 heteroatoms. The predicted molar refractivity (Wildman–Crippen MR) is 68.9 cm³/mol. The number of hydrogen-bond donors (Lipinski definition) is 2. The second-order valence-corrected chi connectivity index (χ2v) is 5.26. The lowest BCUT2D eigenvalue weighted by Gasteiger charge is -2.18. The van der Waals surface area contributed by atoms with Gasteiger partial charge in [-0.1, -0.05) is 6.42 Å². The highest BCUT2D eigenvalue weighted by molar-refractivity contribution is 5.76. The van der Waals surface area contributed by atoms with Crippen LogP contribution in [0.25, 0.3) is 0 Å². The summed E-state index contributed by atoms with van der Waals surface area (Å²) in [6.45, 7) is 5.33. The highest BCUT2D eigenvalue weighted by atomic mass is 16.1. The van der Waals surface area contributed by atoms with Gasteiger partial charge in [-0.3, -0.25) is 4.79 Å². The van der Waals surface area contributed by atoms with Gasteiger partial charge in [0.15, 0.2) is 0 Å². The van der Waals surface area contributed by atoms with E-state index in [-0.39, 0.29) is 5.91 Å². The van der Waals surface area contributed by atoms with Crippen molar-refractivity contribution in [1.29, 1.82) is 0 Å². The third-order valence-electron chi connectivity index (χ3n) is 3.77. The van der Waals surface area contributed by atoms with Gasteiger partial charge in [0.05, 0.1) is 0 Å². The van der Waals surface area contributed by atoms with E-state index in [1.165, 1.54) is 38.8 Å². The van der Waals surface area contributed by atoms with Crippen molar-refractivity contribution in [1.82, 2.24) is 15.5 Å². The number of likely N-dealkylation sites (tertiary alicyclic amines) is 1. The van der Waals surface area contributed by atoms with Crippen molar-refractivity contribution in [2.45, 2.75) is 44.6 Å². The Morgan fingerprint density at radius 1 is 1.24 bits per heavy atom. The number of amides is 1. The summed E-state index contributed by atoms with van der Waals surface area (Å²) in [6, 6.07) is 0.351. The van der Waals surface area contributed by atoms with Gasteiger partial charge in [-0.05, 0) is 45.3 Å². The Morgan fingerprint density at radius 3 is 2.88 bits per heavy atom. The fourth-order valence-electron chi connectivity index (χ4n) is 2.71. The van der Waals surface area contributed by atoms with Gasteiger partial charge < -0.3 is 15.5 Å². The number of nitrogens with zero attached hydrogens (tertiary/aromatic N) is 1. The van der Waals surface area contributed by atoms with Crippen molar-refractivity contribution < 1.29 is 4.79 Å². The standard InChI is InChI=1S/C13H25N3O/c17-13(6-10-16-8-3-4-9-16)15-12-5-1-2-7-14-11-12/h12,14H,1-11H2,(H,15,17). The van der Waals surface area contributed by atoms with Crippen molar-refractivity contribution >= 4 is 5.91 Å². The summed E-state index contributed by atoms with van der Waals surface area (Å²) < 4.78 is 0. The lowest BCUT2D eigenvalue weighted by Crippen LogP contribution is -2.41. The molecule has 0 aliphatic carbocycles. The SMILES string of the molecule is O=C(CCN1CCCC1)NC1CCCCNC1. The van der Waals surface area contributed by atoms with E-state index in [2.05, 4.69) is 15.5 Å². The molecule has 1 unspecified atom stereocenters. The second-order valence-electron chi connectivity index (χ2n) is 5.26. The van der Waals surface area contributed by atoms with Crippen LogP contribution in [0.2, 0.25) is 0 Å². The smallest absolute Gasteiger partial charge is 0.221 e. The summed E-state index contributed by atoms with van der Waals surface area (Å²) in [7, 11) is 0. The van der Waals surface area contributed by atoms with E-state index in [0.717, 1.165) is 26.1 Å². The van der Waals surface area contributed by atoms with Crippen molar-refractivity contribution in [2.24, 2.45) is 0 Å². The predicted octanol–water partition coefficient (Wildman–Crippen LogP) is 0.731. The van der Waals surface area contributed by atoms with Crippen molar-refractivity contribution in [3.8, 4) is 0 Å². The molecular formula is C13H25N3O. The molecule has 0 aromatic carbocycles. The largest absolute Gasteiger partial charge is 0.352 e. The first-order chi connectivity index (χ1) is 8.34. The first-order valence-electron chi connectivity index (χ1n) is 7.07. The number of hydrogen-bond acceptors (Lipinski definition) is 3. The maximum Gasteiger partial charge on any atom is 0.221 e. The van der Waals surface area contributed by atoms with Crippen LogP contribution in [0.5, 0.6) is 0 Å². The van der Waals surface area contributed by atoms with Crippen LogP contribution in [0.4, 0.5) is 0 Å². The summed E-state index contributed by atoms with van der Waals surface area (Å²) in [5.74, 6) is 0.227. The minimum absolute atomic E-state index is 0.227. The minimum Gasteiger partial charge on any atom is -0.352 e. The molecule has 4 nitrogen and oxygen atoms in total. The molecule has 0 bridgehead atoms. The lowest BCUT2D eigenvalue weighted by molar-refractivity contribution is -0.122. The average molecular weight is 239 g/mol. The molecule has 2 fully saturated rings. The quantitative estimate of drug-likeness (QED) is 0.760. The first-order valence-corrected chi connectivity index (χ1v) is 7.07. The Balaban J connectivity index is 1.61. The molecule has 98 valence electrons. The monoisotopic (exact) mass is 239 g/mol. The molecule has 0 saturated carbocycles. The molecule has 17 heavy (non-hydrogen) atoms. The third kappa shape index (κ3) is 4.64. The zero-order valence-corrected chi connectivity index (χ0v) is 10.7. The van der Waals surface area contributed by atoms with Crippen LogP contribution in [0.3, 0.4) is 0 Å². The van der Waals surface area contributed by atoms with Crippen LogP contribution in [-0.2, 0) is 4.79 Å². The Hall–Kier alpha value is -0.610. The van der Waals surface area contributed by atoms with Gasteiger partial charge in [-0.15, -0.1) is 0 Å². The molecule has 2 N–H and O–H groups in total. The van der Waals surface area contributed by atoms with Gasteiger partial charge in [-0.25, -0.2) is 0 Å². The van der Waals surface area contributed by atoms with Crippen LogP contribution in [0.1, 0.15) is 38.5 Å². The van der Waals surface area contributed by atoms with E-state index >= 15 is 0 Å². The van der Waals surface area contributed by atoms with Crippen LogP contribution >= 0.6 is 0 Å². The van der Waals surface area contributed by atoms with Gasteiger partial charge in [0.1, 0.15) is 0 Å². The van der Waals surface area contributed by atoms with E-state index in [4.69, 9.17) is 0 Å². The van der Waals surface area contributed by atoms with Gasteiger partial charge in [0.25, 0.3) is 0 Å². The van der Waals surface area contributed by atoms with Crippen LogP contribution in [0, 0.1) is 0 Å². The molecule has 2 aliphatic heterocycles. The van der Waals surface area contributed by atoms with Gasteiger partial charge in [-0.2, -0.15) is 0 Å². The Morgan fingerprint density at radius 2 is 2.06 bits per heavy atom. The van der Waals surface area contributed by atoms with Gasteiger partial charge in [0.2, 0.25) is 5.91 Å². The molecule has 2 rings (SSSR count). The summed E-state index contributed by atoms with van der Waals surface area (Å²) >= 11 is 0. The molecule has 2 saturated heterocycles. The first kappa shape index (κ1) is 12.8. The highest BCUT2D eigenvalue weighted by Gasteiger charge is 2.16. The summed E-state index contributed by atoms with van der Waals surface area (Å²) in [5.41, 5.74) is 0. The molecule has 2 heterocycles. The van der Waals surface area contributed by atoms with E-state index in [9.17, 15) is 4.79 Å². The molecule has 0 radical (unpaired) electrons. The number of rotatable bonds is 4. The summed E-state index contributed by atoms with van der Waals surface area (Å²) in [5, 5.41) is 6.53. The van der Waals surface area contributed by atoms with Crippen molar-refractivity contribution in [2.75, 3.05) is 32.7 Å². The van der Waals surface area contributed by atoms with Gasteiger partial charge in [0, 0.05) is 25.6 Å². The second kappa shape index (κ2) is 6.97. The van der Waals surface area contributed by atoms with E-state index in [1.807, 2.05) is 0 Å². The minimum atomic E-state index is 0.227. The Kier molecular flexibility index (Phi) is 5.26. The van der Waals surface area contributed by atoms with Crippen LogP contribution in [0.15, 0.2) is 0 Å². The molecule has 2 aliphatic rings. The van der Waals surface area contributed by atoms with E-state index in [1.54, 1.807) is 0 Å².